The molecule has 14 heavy (non-hydrogen) atoms. The van der Waals surface area contributed by atoms with Crippen molar-refractivity contribution >= 4 is 18.0 Å². The predicted molar refractivity (Wildman–Crippen MR) is 55.1 cm³/mol. The van der Waals surface area contributed by atoms with E-state index in [1.165, 1.54) is 11.8 Å². The van der Waals surface area contributed by atoms with Gasteiger partial charge in [0.1, 0.15) is 5.03 Å². The van der Waals surface area contributed by atoms with Crippen LogP contribution in [0, 0.1) is 0 Å². The first kappa shape index (κ1) is 9.52. The van der Waals surface area contributed by atoms with E-state index in [4.69, 9.17) is 4.74 Å². The van der Waals surface area contributed by atoms with Gasteiger partial charge in [0.2, 0.25) is 0 Å². The van der Waals surface area contributed by atoms with Gasteiger partial charge in [-0.3, -0.25) is 4.79 Å². The van der Waals surface area contributed by atoms with Gasteiger partial charge in [-0.25, -0.2) is 4.98 Å². The van der Waals surface area contributed by atoms with Gasteiger partial charge in [0.15, 0.2) is 12.0 Å². The second-order valence-electron chi connectivity index (χ2n) is 3.17. The third-order valence-corrected chi connectivity index (χ3v) is 2.71. The summed E-state index contributed by atoms with van der Waals surface area (Å²) in [5, 5.41) is 0.793. The summed E-state index contributed by atoms with van der Waals surface area (Å²) in [6.45, 7) is 0. The van der Waals surface area contributed by atoms with E-state index in [-0.39, 0.29) is 0 Å². The third kappa shape index (κ3) is 1.90. The molecule has 0 saturated heterocycles. The fourth-order valence-electron chi connectivity index (χ4n) is 1.15. The molecule has 0 spiro atoms. The lowest BCUT2D eigenvalue weighted by Crippen LogP contribution is -2.02. The molecule has 3 nitrogen and oxygen atoms in total. The normalized spacial score (nSPS) is 15.2. The number of nitrogens with zero attached hydrogens (tertiary/aromatic N) is 1. The smallest absolute Gasteiger partial charge is 0.162 e. The number of carbonyl (C=O) groups is 1. The van der Waals surface area contributed by atoms with E-state index in [2.05, 4.69) is 4.98 Å². The van der Waals surface area contributed by atoms with Gasteiger partial charge in [-0.05, 0) is 25.2 Å². The van der Waals surface area contributed by atoms with Crippen LogP contribution in [-0.2, 0) is 0 Å². The molecule has 0 amide bonds. The minimum Gasteiger partial charge on any atom is -0.487 e. The number of ether oxygens (including phenoxy) is 1. The van der Waals surface area contributed by atoms with Gasteiger partial charge < -0.3 is 4.74 Å². The molecule has 4 heteroatoms. The largest absolute Gasteiger partial charge is 0.487 e. The molecule has 1 aliphatic carbocycles. The fourth-order valence-corrected chi connectivity index (χ4v) is 1.67. The number of pyridine rings is 1. The Morgan fingerprint density at radius 2 is 2.43 bits per heavy atom. The molecular formula is C10H11NO2S. The van der Waals surface area contributed by atoms with Crippen molar-refractivity contribution in [3.05, 3.63) is 17.8 Å². The number of hydrogen-bond acceptors (Lipinski definition) is 4. The standard InChI is InChI=1S/C10H11NO2S/c1-14-10-9(13-8-2-3-8)7(6-12)4-5-11-10/h4-6,8H,2-3H2,1H3. The van der Waals surface area contributed by atoms with E-state index in [0.717, 1.165) is 24.2 Å². The van der Waals surface area contributed by atoms with Gasteiger partial charge in [-0.15, -0.1) is 11.8 Å². The third-order valence-electron chi connectivity index (χ3n) is 2.03. The second-order valence-corrected chi connectivity index (χ2v) is 3.97. The minimum atomic E-state index is 0.295. The molecule has 2 rings (SSSR count). The van der Waals surface area contributed by atoms with Crippen molar-refractivity contribution in [2.75, 3.05) is 6.26 Å². The van der Waals surface area contributed by atoms with Crippen LogP contribution in [0.1, 0.15) is 23.2 Å². The number of aromatic nitrogens is 1. The summed E-state index contributed by atoms with van der Waals surface area (Å²) in [6, 6.07) is 1.68. The Hall–Kier alpha value is -1.03. The maximum atomic E-state index is 10.8. The summed E-state index contributed by atoms with van der Waals surface area (Å²) in [5.74, 6) is 0.650. The van der Waals surface area contributed by atoms with Crippen molar-refractivity contribution < 1.29 is 9.53 Å². The highest BCUT2D eigenvalue weighted by molar-refractivity contribution is 7.98. The highest BCUT2D eigenvalue weighted by atomic mass is 32.2. The van der Waals surface area contributed by atoms with Gasteiger partial charge in [-0.2, -0.15) is 0 Å². The summed E-state index contributed by atoms with van der Waals surface area (Å²) in [7, 11) is 0. The number of rotatable bonds is 4. The Bertz CT molecular complexity index is 350. The molecule has 0 atom stereocenters. The molecule has 1 saturated carbocycles. The predicted octanol–water partition coefficient (Wildman–Crippen LogP) is 2.16. The van der Waals surface area contributed by atoms with Crippen molar-refractivity contribution in [2.24, 2.45) is 0 Å². The Morgan fingerprint density at radius 3 is 3.00 bits per heavy atom. The van der Waals surface area contributed by atoms with Gasteiger partial charge in [-0.1, -0.05) is 0 Å². The first-order chi connectivity index (χ1) is 6.85. The molecule has 0 aromatic carbocycles. The van der Waals surface area contributed by atoms with Crippen molar-refractivity contribution in [3.63, 3.8) is 0 Å². The van der Waals surface area contributed by atoms with Crippen LogP contribution in [0.15, 0.2) is 17.3 Å². The summed E-state index contributed by atoms with van der Waals surface area (Å²) < 4.78 is 5.65. The molecule has 0 aliphatic heterocycles. The zero-order valence-electron chi connectivity index (χ0n) is 7.90. The van der Waals surface area contributed by atoms with Crippen LogP contribution in [0.3, 0.4) is 0 Å². The molecule has 1 aliphatic rings. The van der Waals surface area contributed by atoms with Crippen LogP contribution in [0.2, 0.25) is 0 Å². The zero-order chi connectivity index (χ0) is 9.97. The van der Waals surface area contributed by atoms with Crippen LogP contribution in [-0.4, -0.2) is 23.6 Å². The van der Waals surface area contributed by atoms with Crippen molar-refractivity contribution in [3.8, 4) is 5.75 Å². The van der Waals surface area contributed by atoms with Crippen molar-refractivity contribution in [2.45, 2.75) is 24.0 Å². The summed E-state index contributed by atoms with van der Waals surface area (Å²) in [5.41, 5.74) is 0.594. The molecule has 1 aromatic heterocycles. The van der Waals surface area contributed by atoms with Gasteiger partial charge in [0.25, 0.3) is 0 Å². The average Bonchev–Trinajstić information content (AvgIpc) is 3.02. The first-order valence-corrected chi connectivity index (χ1v) is 5.72. The van der Waals surface area contributed by atoms with Crippen LogP contribution in [0.25, 0.3) is 0 Å². The molecule has 1 fully saturated rings. The Balaban J connectivity index is 2.33. The minimum absolute atomic E-state index is 0.295. The molecule has 74 valence electrons. The van der Waals surface area contributed by atoms with Crippen LogP contribution < -0.4 is 4.74 Å². The topological polar surface area (TPSA) is 39.2 Å². The Kier molecular flexibility index (Phi) is 2.72. The van der Waals surface area contributed by atoms with Crippen molar-refractivity contribution in [1.29, 1.82) is 0 Å². The molecule has 1 heterocycles. The quantitative estimate of drug-likeness (QED) is 0.562. The lowest BCUT2D eigenvalue weighted by atomic mass is 10.3. The highest BCUT2D eigenvalue weighted by Crippen LogP contribution is 2.34. The maximum Gasteiger partial charge on any atom is 0.162 e. The molecule has 1 aromatic rings. The summed E-state index contributed by atoms with van der Waals surface area (Å²) in [4.78, 5) is 14.9. The first-order valence-electron chi connectivity index (χ1n) is 4.50. The molecule has 0 unspecified atom stereocenters. The summed E-state index contributed by atoms with van der Waals surface area (Å²) in [6.07, 6.45) is 6.84. The SMILES string of the molecule is CSc1nccc(C=O)c1OC1CC1. The van der Waals surface area contributed by atoms with Crippen LogP contribution >= 0.6 is 11.8 Å². The number of carbonyl (C=O) groups excluding carboxylic acids is 1. The number of thioether (sulfide) groups is 1. The molecule has 0 N–H and O–H groups in total. The summed E-state index contributed by atoms with van der Waals surface area (Å²) >= 11 is 1.50. The van der Waals surface area contributed by atoms with E-state index in [0.29, 0.717) is 17.4 Å². The fraction of sp³-hybridized carbons (Fsp3) is 0.400. The molecular weight excluding hydrogens is 198 g/mol. The van der Waals surface area contributed by atoms with E-state index < -0.39 is 0 Å². The van der Waals surface area contributed by atoms with Crippen LogP contribution in [0.4, 0.5) is 0 Å². The number of aldehydes is 1. The van der Waals surface area contributed by atoms with E-state index in [1.54, 1.807) is 12.3 Å². The second kappa shape index (κ2) is 4.00. The lowest BCUT2D eigenvalue weighted by molar-refractivity contribution is 0.111. The Labute approximate surface area is 86.9 Å². The average molecular weight is 209 g/mol. The maximum absolute atomic E-state index is 10.8. The lowest BCUT2D eigenvalue weighted by Gasteiger charge is -2.09. The molecule has 0 bridgehead atoms. The van der Waals surface area contributed by atoms with E-state index >= 15 is 0 Å². The van der Waals surface area contributed by atoms with E-state index in [9.17, 15) is 4.79 Å². The van der Waals surface area contributed by atoms with Crippen molar-refractivity contribution in [1.82, 2.24) is 4.98 Å². The van der Waals surface area contributed by atoms with Gasteiger partial charge in [0, 0.05) is 6.20 Å². The monoisotopic (exact) mass is 209 g/mol. The highest BCUT2D eigenvalue weighted by Gasteiger charge is 2.26. The Morgan fingerprint density at radius 1 is 1.64 bits per heavy atom. The van der Waals surface area contributed by atoms with Crippen LogP contribution in [0.5, 0.6) is 5.75 Å². The zero-order valence-corrected chi connectivity index (χ0v) is 8.71. The van der Waals surface area contributed by atoms with Gasteiger partial charge >= 0.3 is 0 Å². The van der Waals surface area contributed by atoms with Gasteiger partial charge in [0.05, 0.1) is 11.7 Å². The number of hydrogen-bond donors (Lipinski definition) is 0. The molecule has 0 radical (unpaired) electrons. The van der Waals surface area contributed by atoms with E-state index in [1.807, 2.05) is 6.26 Å².